The molecule has 0 radical (unpaired) electrons. The van der Waals surface area contributed by atoms with Crippen LogP contribution in [0.3, 0.4) is 0 Å². The monoisotopic (exact) mass is 251 g/mol. The molecule has 0 saturated heterocycles. The minimum absolute atomic E-state index is 0.0213. The molecule has 0 spiro atoms. The van der Waals surface area contributed by atoms with Gasteiger partial charge < -0.3 is 10.4 Å². The van der Waals surface area contributed by atoms with E-state index in [1.807, 2.05) is 13.8 Å². The molecule has 0 aromatic rings. The Balaban J connectivity index is 4.18. The summed E-state index contributed by atoms with van der Waals surface area (Å²) in [6.07, 6.45) is 0. The summed E-state index contributed by atoms with van der Waals surface area (Å²) in [6.45, 7) is 7.45. The van der Waals surface area contributed by atoms with E-state index in [9.17, 15) is 4.79 Å². The molecule has 0 aliphatic rings. The molecule has 0 bridgehead atoms. The van der Waals surface area contributed by atoms with Crippen molar-refractivity contribution < 1.29 is 9.90 Å². The second-order valence-electron chi connectivity index (χ2n) is 3.98. The van der Waals surface area contributed by atoms with Gasteiger partial charge in [0.15, 0.2) is 0 Å². The van der Waals surface area contributed by atoms with E-state index in [1.165, 1.54) is 0 Å². The minimum atomic E-state index is -0.574. The third-order valence-corrected chi connectivity index (χ3v) is 2.22. The van der Waals surface area contributed by atoms with Gasteiger partial charge in [-0.15, -0.1) is 0 Å². The van der Waals surface area contributed by atoms with Crippen LogP contribution in [-0.4, -0.2) is 28.0 Å². The second-order valence-corrected chi connectivity index (χ2v) is 5.96. The van der Waals surface area contributed by atoms with Gasteiger partial charge >= 0.3 is 0 Å². The predicted octanol–water partition coefficient (Wildman–Crippen LogP) is 1.29. The van der Waals surface area contributed by atoms with E-state index in [1.54, 1.807) is 13.8 Å². The fourth-order valence-electron chi connectivity index (χ4n) is 0.763. The normalized spacial score (nSPS) is 14.4. The number of carbonyl (C=O) groups is 1. The van der Waals surface area contributed by atoms with Crippen molar-refractivity contribution in [3.05, 3.63) is 0 Å². The molecule has 0 saturated carbocycles. The van der Waals surface area contributed by atoms with Crippen LogP contribution in [0, 0.1) is 5.92 Å². The molecule has 0 aliphatic heterocycles. The SMILES string of the molecule is CC(C)C(CO)NC(=O)C(C)(C)Br. The molecule has 4 heteroatoms. The topological polar surface area (TPSA) is 49.3 Å². The Morgan fingerprint density at radius 2 is 2.00 bits per heavy atom. The first kappa shape index (κ1) is 12.9. The van der Waals surface area contributed by atoms with Crippen molar-refractivity contribution in [3.63, 3.8) is 0 Å². The van der Waals surface area contributed by atoms with Crippen LogP contribution in [-0.2, 0) is 4.79 Å². The van der Waals surface area contributed by atoms with E-state index in [2.05, 4.69) is 21.2 Å². The van der Waals surface area contributed by atoms with Crippen LogP contribution >= 0.6 is 15.9 Å². The minimum Gasteiger partial charge on any atom is -0.394 e. The maximum atomic E-state index is 11.5. The van der Waals surface area contributed by atoms with E-state index in [0.717, 1.165) is 0 Å². The summed E-state index contributed by atoms with van der Waals surface area (Å²) < 4.78 is -0.574. The summed E-state index contributed by atoms with van der Waals surface area (Å²) in [7, 11) is 0. The van der Waals surface area contributed by atoms with E-state index in [-0.39, 0.29) is 24.5 Å². The zero-order chi connectivity index (χ0) is 10.6. The molecular formula is C9H18BrNO2. The van der Waals surface area contributed by atoms with Crippen molar-refractivity contribution in [2.75, 3.05) is 6.61 Å². The summed E-state index contributed by atoms with van der Waals surface area (Å²) in [5.41, 5.74) is 0. The highest BCUT2D eigenvalue weighted by Gasteiger charge is 2.26. The first-order valence-corrected chi connectivity index (χ1v) is 5.19. The second kappa shape index (κ2) is 4.96. The molecule has 0 heterocycles. The average Bonchev–Trinajstić information content (AvgIpc) is 1.96. The number of hydrogen-bond acceptors (Lipinski definition) is 2. The van der Waals surface area contributed by atoms with E-state index >= 15 is 0 Å². The van der Waals surface area contributed by atoms with Crippen molar-refractivity contribution in [3.8, 4) is 0 Å². The standard InChI is InChI=1S/C9H18BrNO2/c1-6(2)7(5-12)11-8(13)9(3,4)10/h6-7,12H,5H2,1-4H3,(H,11,13). The number of aliphatic hydroxyl groups excluding tert-OH is 1. The lowest BCUT2D eigenvalue weighted by molar-refractivity contribution is -0.123. The lowest BCUT2D eigenvalue weighted by Crippen LogP contribution is -2.47. The molecule has 78 valence electrons. The lowest BCUT2D eigenvalue weighted by atomic mass is 10.0. The fourth-order valence-corrected chi connectivity index (χ4v) is 0.878. The molecular weight excluding hydrogens is 234 g/mol. The molecule has 0 rings (SSSR count). The maximum absolute atomic E-state index is 11.5. The summed E-state index contributed by atoms with van der Waals surface area (Å²) >= 11 is 3.26. The zero-order valence-electron chi connectivity index (χ0n) is 8.60. The van der Waals surface area contributed by atoms with Gasteiger partial charge in [0.05, 0.1) is 17.0 Å². The van der Waals surface area contributed by atoms with Crippen molar-refractivity contribution >= 4 is 21.8 Å². The van der Waals surface area contributed by atoms with Crippen molar-refractivity contribution in [1.29, 1.82) is 0 Å². The Labute approximate surface area is 88.0 Å². The number of hydrogen-bond donors (Lipinski definition) is 2. The van der Waals surface area contributed by atoms with Crippen LogP contribution in [0.2, 0.25) is 0 Å². The van der Waals surface area contributed by atoms with Crippen molar-refractivity contribution in [2.45, 2.75) is 38.1 Å². The summed E-state index contributed by atoms with van der Waals surface area (Å²) in [6, 6.07) is -0.163. The highest BCUT2D eigenvalue weighted by molar-refractivity contribution is 9.10. The average molecular weight is 252 g/mol. The largest absolute Gasteiger partial charge is 0.394 e. The quantitative estimate of drug-likeness (QED) is 0.741. The van der Waals surface area contributed by atoms with E-state index in [0.29, 0.717) is 0 Å². The van der Waals surface area contributed by atoms with E-state index < -0.39 is 4.32 Å². The zero-order valence-corrected chi connectivity index (χ0v) is 10.2. The summed E-state index contributed by atoms with van der Waals surface area (Å²) in [5, 5.41) is 11.8. The molecule has 2 N–H and O–H groups in total. The fraction of sp³-hybridized carbons (Fsp3) is 0.889. The van der Waals surface area contributed by atoms with Crippen LogP contribution in [0.5, 0.6) is 0 Å². The Bertz CT molecular complexity index is 175. The third-order valence-electron chi connectivity index (χ3n) is 1.86. The highest BCUT2D eigenvalue weighted by Crippen LogP contribution is 2.16. The molecule has 3 nitrogen and oxygen atoms in total. The Morgan fingerprint density at radius 1 is 1.54 bits per heavy atom. The number of rotatable bonds is 4. The van der Waals surface area contributed by atoms with Gasteiger partial charge in [0.2, 0.25) is 5.91 Å². The van der Waals surface area contributed by atoms with Gasteiger partial charge in [-0.2, -0.15) is 0 Å². The first-order chi connectivity index (χ1) is 5.79. The van der Waals surface area contributed by atoms with Gasteiger partial charge in [-0.05, 0) is 19.8 Å². The molecule has 0 aromatic heterocycles. The number of carbonyl (C=O) groups excluding carboxylic acids is 1. The smallest absolute Gasteiger partial charge is 0.236 e. The predicted molar refractivity (Wildman–Crippen MR) is 56.9 cm³/mol. The molecule has 13 heavy (non-hydrogen) atoms. The van der Waals surface area contributed by atoms with Crippen LogP contribution in [0.15, 0.2) is 0 Å². The van der Waals surface area contributed by atoms with Gasteiger partial charge in [-0.3, -0.25) is 4.79 Å². The van der Waals surface area contributed by atoms with Crippen LogP contribution in [0.4, 0.5) is 0 Å². The number of nitrogens with one attached hydrogen (secondary N) is 1. The highest BCUT2D eigenvalue weighted by atomic mass is 79.9. The van der Waals surface area contributed by atoms with Crippen LogP contribution in [0.1, 0.15) is 27.7 Å². The van der Waals surface area contributed by atoms with Gasteiger partial charge in [-0.1, -0.05) is 29.8 Å². The molecule has 0 fully saturated rings. The number of amides is 1. The summed E-state index contributed by atoms with van der Waals surface area (Å²) in [4.78, 5) is 11.5. The Morgan fingerprint density at radius 3 is 2.23 bits per heavy atom. The van der Waals surface area contributed by atoms with Gasteiger partial charge in [0.1, 0.15) is 0 Å². The molecule has 1 amide bonds. The maximum Gasteiger partial charge on any atom is 0.236 e. The molecule has 1 atom stereocenters. The number of aliphatic hydroxyl groups is 1. The summed E-state index contributed by atoms with van der Waals surface area (Å²) in [5.74, 6) is 0.143. The Hall–Kier alpha value is -0.0900. The van der Waals surface area contributed by atoms with Gasteiger partial charge in [-0.25, -0.2) is 0 Å². The number of halogens is 1. The van der Waals surface area contributed by atoms with Gasteiger partial charge in [0.25, 0.3) is 0 Å². The van der Waals surface area contributed by atoms with Crippen LogP contribution < -0.4 is 5.32 Å². The third kappa shape index (κ3) is 4.62. The number of alkyl halides is 1. The van der Waals surface area contributed by atoms with Gasteiger partial charge in [0, 0.05) is 0 Å². The molecule has 1 unspecified atom stereocenters. The van der Waals surface area contributed by atoms with Crippen molar-refractivity contribution in [1.82, 2.24) is 5.32 Å². The lowest BCUT2D eigenvalue weighted by Gasteiger charge is -2.24. The van der Waals surface area contributed by atoms with Crippen molar-refractivity contribution in [2.24, 2.45) is 5.92 Å². The van der Waals surface area contributed by atoms with Crippen LogP contribution in [0.25, 0.3) is 0 Å². The molecule has 0 aliphatic carbocycles. The van der Waals surface area contributed by atoms with E-state index in [4.69, 9.17) is 5.11 Å². The Kier molecular flexibility index (Phi) is 4.92. The molecule has 0 aromatic carbocycles. The first-order valence-electron chi connectivity index (χ1n) is 4.39.